The van der Waals surface area contributed by atoms with E-state index < -0.39 is 11.6 Å². The Kier molecular flexibility index (Phi) is 9.12. The number of nitrogens with zero attached hydrogens (tertiary/aromatic N) is 2. The number of halogens is 2. The molecule has 3 atom stereocenters. The third kappa shape index (κ3) is 6.61. The highest BCUT2D eigenvalue weighted by molar-refractivity contribution is 6.48. The number of hydrogen-bond acceptors (Lipinski definition) is 5. The van der Waals surface area contributed by atoms with Crippen molar-refractivity contribution < 1.29 is 24.2 Å². The lowest BCUT2D eigenvalue weighted by Gasteiger charge is -2.48. The van der Waals surface area contributed by atoms with Crippen molar-refractivity contribution in [2.24, 2.45) is 10.4 Å². The first-order valence-corrected chi connectivity index (χ1v) is 14.5. The molecule has 216 valence electrons. The van der Waals surface area contributed by atoms with E-state index in [2.05, 4.69) is 32.2 Å². The SMILES string of the molecule is CC(C1=CCC=C(C(=O)NCCC(=O)O)CC1)N1C(=O)C(c2cc(Cl)cc(Cl)c2)=NC12CCOC(C(C)(C)C)C2. The van der Waals surface area contributed by atoms with Gasteiger partial charge in [-0.1, -0.05) is 61.7 Å². The predicted octanol–water partition coefficient (Wildman–Crippen LogP) is 5.56. The molecule has 8 nitrogen and oxygen atoms in total. The third-order valence-electron chi connectivity index (χ3n) is 7.89. The zero-order valence-corrected chi connectivity index (χ0v) is 24.9. The minimum atomic E-state index is -0.958. The Labute approximate surface area is 245 Å². The minimum Gasteiger partial charge on any atom is -0.481 e. The average molecular weight is 591 g/mol. The van der Waals surface area contributed by atoms with E-state index in [1.165, 1.54) is 0 Å². The van der Waals surface area contributed by atoms with Gasteiger partial charge in [0.25, 0.3) is 5.91 Å². The van der Waals surface area contributed by atoms with Crippen LogP contribution in [0.15, 0.2) is 46.5 Å². The Morgan fingerprint density at radius 2 is 1.90 bits per heavy atom. The van der Waals surface area contributed by atoms with Gasteiger partial charge in [0, 0.05) is 40.6 Å². The molecule has 1 fully saturated rings. The number of carboxylic acid groups (broad SMARTS) is 1. The highest BCUT2D eigenvalue weighted by atomic mass is 35.5. The zero-order chi connectivity index (χ0) is 29.2. The normalized spacial score (nSPS) is 24.2. The number of allylic oxidation sites excluding steroid dienone is 2. The fourth-order valence-corrected chi connectivity index (χ4v) is 6.24. The molecule has 0 bridgehead atoms. The second-order valence-electron chi connectivity index (χ2n) is 11.8. The van der Waals surface area contributed by atoms with E-state index in [9.17, 15) is 14.4 Å². The maximum Gasteiger partial charge on any atom is 0.305 e. The number of aliphatic imine (C=N–C) groups is 1. The Morgan fingerprint density at radius 3 is 2.55 bits per heavy atom. The Bertz CT molecular complexity index is 1260. The van der Waals surface area contributed by atoms with Crippen molar-refractivity contribution in [1.82, 2.24) is 10.2 Å². The molecular formula is C30H37Cl2N3O5. The average Bonchev–Trinajstić information content (AvgIpc) is 3.00. The molecule has 3 unspecified atom stereocenters. The molecule has 1 aromatic carbocycles. The molecule has 2 heterocycles. The zero-order valence-electron chi connectivity index (χ0n) is 23.4. The van der Waals surface area contributed by atoms with Crippen LogP contribution in [0.3, 0.4) is 0 Å². The molecule has 0 saturated carbocycles. The summed E-state index contributed by atoms with van der Waals surface area (Å²) in [5, 5.41) is 12.4. The summed E-state index contributed by atoms with van der Waals surface area (Å²) < 4.78 is 6.17. The van der Waals surface area contributed by atoms with Gasteiger partial charge in [0.1, 0.15) is 11.4 Å². The minimum absolute atomic E-state index is 0.0810. The van der Waals surface area contributed by atoms with Gasteiger partial charge in [-0.15, -0.1) is 0 Å². The van der Waals surface area contributed by atoms with Gasteiger partial charge < -0.3 is 20.1 Å². The number of carboxylic acids is 1. The van der Waals surface area contributed by atoms with Gasteiger partial charge in [-0.3, -0.25) is 19.4 Å². The highest BCUT2D eigenvalue weighted by Gasteiger charge is 2.53. The molecule has 10 heteroatoms. The quantitative estimate of drug-likeness (QED) is 0.404. The first kappa shape index (κ1) is 30.3. The van der Waals surface area contributed by atoms with E-state index in [-0.39, 0.29) is 42.3 Å². The molecule has 3 aliphatic rings. The lowest BCUT2D eigenvalue weighted by atomic mass is 9.80. The van der Waals surface area contributed by atoms with Gasteiger partial charge in [-0.05, 0) is 49.8 Å². The van der Waals surface area contributed by atoms with E-state index in [1.807, 2.05) is 17.9 Å². The Balaban J connectivity index is 1.61. The number of carbonyl (C=O) groups excluding carboxylic acids is 2. The maximum atomic E-state index is 14.2. The summed E-state index contributed by atoms with van der Waals surface area (Å²) in [5.74, 6) is -1.39. The number of aliphatic carboxylic acids is 1. The molecule has 1 aromatic rings. The van der Waals surface area contributed by atoms with Gasteiger partial charge in [0.15, 0.2) is 0 Å². The van der Waals surface area contributed by atoms with Crippen molar-refractivity contribution in [1.29, 1.82) is 0 Å². The summed E-state index contributed by atoms with van der Waals surface area (Å²) in [7, 11) is 0. The lowest BCUT2D eigenvalue weighted by Crippen LogP contribution is -2.57. The van der Waals surface area contributed by atoms with Crippen LogP contribution in [0.1, 0.15) is 71.8 Å². The van der Waals surface area contributed by atoms with Crippen LogP contribution in [0, 0.1) is 5.41 Å². The number of hydrogen-bond donors (Lipinski definition) is 2. The molecule has 2 amide bonds. The van der Waals surface area contributed by atoms with Gasteiger partial charge in [-0.2, -0.15) is 0 Å². The van der Waals surface area contributed by atoms with E-state index in [4.69, 9.17) is 38.0 Å². The number of ether oxygens (including phenoxy) is 1. The molecule has 0 radical (unpaired) electrons. The molecular weight excluding hydrogens is 553 g/mol. The third-order valence-corrected chi connectivity index (χ3v) is 8.33. The van der Waals surface area contributed by atoms with E-state index in [0.717, 1.165) is 5.57 Å². The van der Waals surface area contributed by atoms with Gasteiger partial charge in [0.2, 0.25) is 5.91 Å². The maximum absolute atomic E-state index is 14.2. The predicted molar refractivity (Wildman–Crippen MR) is 156 cm³/mol. The molecule has 1 saturated heterocycles. The van der Waals surface area contributed by atoms with Crippen LogP contribution in [0.5, 0.6) is 0 Å². The van der Waals surface area contributed by atoms with Crippen LogP contribution in [0.2, 0.25) is 10.0 Å². The number of rotatable bonds is 7. The fourth-order valence-electron chi connectivity index (χ4n) is 5.71. The summed E-state index contributed by atoms with van der Waals surface area (Å²) in [6.45, 7) is 8.97. The van der Waals surface area contributed by atoms with Crippen molar-refractivity contribution in [3.05, 3.63) is 57.1 Å². The molecule has 0 aromatic heterocycles. The highest BCUT2D eigenvalue weighted by Crippen LogP contribution is 2.44. The molecule has 2 aliphatic heterocycles. The lowest BCUT2D eigenvalue weighted by molar-refractivity contribution is -0.143. The van der Waals surface area contributed by atoms with Crippen LogP contribution < -0.4 is 5.32 Å². The number of nitrogens with one attached hydrogen (secondary N) is 1. The summed E-state index contributed by atoms with van der Waals surface area (Å²) in [5.41, 5.74) is 1.68. The molecule has 1 aliphatic carbocycles. The van der Waals surface area contributed by atoms with Gasteiger partial charge in [-0.25, -0.2) is 0 Å². The smallest absolute Gasteiger partial charge is 0.305 e. The van der Waals surface area contributed by atoms with Crippen molar-refractivity contribution in [3.8, 4) is 0 Å². The summed E-state index contributed by atoms with van der Waals surface area (Å²) in [6, 6.07) is 4.80. The Hall–Kier alpha value is -2.68. The van der Waals surface area contributed by atoms with Gasteiger partial charge in [0.05, 0.1) is 25.2 Å². The number of amides is 2. The molecule has 1 spiro atoms. The largest absolute Gasteiger partial charge is 0.481 e. The van der Waals surface area contributed by atoms with Crippen LogP contribution in [-0.2, 0) is 19.1 Å². The van der Waals surface area contributed by atoms with Crippen LogP contribution in [-0.4, -0.2) is 64.5 Å². The first-order chi connectivity index (χ1) is 18.8. The molecule has 2 N–H and O–H groups in total. The van der Waals surface area contributed by atoms with E-state index >= 15 is 0 Å². The van der Waals surface area contributed by atoms with Crippen molar-refractivity contribution in [2.75, 3.05) is 13.2 Å². The van der Waals surface area contributed by atoms with Crippen LogP contribution in [0.25, 0.3) is 0 Å². The summed E-state index contributed by atoms with van der Waals surface area (Å²) in [4.78, 5) is 44.7. The van der Waals surface area contributed by atoms with E-state index in [1.54, 1.807) is 18.2 Å². The van der Waals surface area contributed by atoms with Gasteiger partial charge >= 0.3 is 5.97 Å². The number of carbonyl (C=O) groups is 3. The van der Waals surface area contributed by atoms with Crippen LogP contribution >= 0.6 is 23.2 Å². The number of benzene rings is 1. The fraction of sp³-hybridized carbons (Fsp3) is 0.533. The monoisotopic (exact) mass is 589 g/mol. The van der Waals surface area contributed by atoms with Crippen molar-refractivity contribution >= 4 is 46.7 Å². The summed E-state index contributed by atoms with van der Waals surface area (Å²) >= 11 is 12.6. The molecule has 4 rings (SSSR count). The topological polar surface area (TPSA) is 108 Å². The van der Waals surface area contributed by atoms with Crippen LogP contribution in [0.4, 0.5) is 0 Å². The second-order valence-corrected chi connectivity index (χ2v) is 12.6. The summed E-state index contributed by atoms with van der Waals surface area (Å²) in [6.07, 6.45) is 6.49. The van der Waals surface area contributed by atoms with Crippen molar-refractivity contribution in [3.63, 3.8) is 0 Å². The first-order valence-electron chi connectivity index (χ1n) is 13.7. The Morgan fingerprint density at radius 1 is 1.20 bits per heavy atom. The molecule has 40 heavy (non-hydrogen) atoms. The second kappa shape index (κ2) is 12.0. The standard InChI is InChI=1S/C30H37Cl2N3O5/c1-18(19-6-5-7-20(9-8-19)27(38)33-12-10-25(36)37)35-28(39)26(21-14-22(31)16-23(32)15-21)34-30(35)11-13-40-24(17-30)29(2,3)4/h6-7,14-16,18,24H,5,8-13,17H2,1-4H3,(H,33,38)(H,36,37). The van der Waals surface area contributed by atoms with E-state index in [0.29, 0.717) is 65.6 Å². The van der Waals surface area contributed by atoms with Crippen molar-refractivity contribution in [2.45, 2.75) is 84.0 Å².